The lowest BCUT2D eigenvalue weighted by molar-refractivity contribution is -0.123. The zero-order chi connectivity index (χ0) is 24.6. The second kappa shape index (κ2) is 11.6. The first kappa shape index (κ1) is 24.4. The van der Waals surface area contributed by atoms with Gasteiger partial charge in [0.05, 0.1) is 11.4 Å². The molecule has 1 heterocycles. The molecule has 180 valence electrons. The Bertz CT molecular complexity index is 1220. The standard InChI is InChI=1S/C28H27NO5S/c1-20-9-11-23(12-10-20)33-15-16-34-25-8-4-6-22(18-25)19-26-27(30)29(28(31)35-26)13-14-32-24-7-3-5-21(2)17-24/h3-12,17-19H,13-16H2,1-2H3/b26-19-. The van der Waals surface area contributed by atoms with Gasteiger partial charge in [0, 0.05) is 0 Å². The summed E-state index contributed by atoms with van der Waals surface area (Å²) in [6.45, 7) is 5.24. The summed E-state index contributed by atoms with van der Waals surface area (Å²) in [6.07, 6.45) is 1.71. The van der Waals surface area contributed by atoms with Crippen molar-refractivity contribution in [3.63, 3.8) is 0 Å². The number of carbonyl (C=O) groups excluding carboxylic acids is 2. The predicted octanol–water partition coefficient (Wildman–Crippen LogP) is 5.88. The minimum atomic E-state index is -0.314. The molecule has 0 aromatic heterocycles. The van der Waals surface area contributed by atoms with E-state index < -0.39 is 0 Å². The van der Waals surface area contributed by atoms with Gasteiger partial charge in [-0.25, -0.2) is 0 Å². The number of aryl methyl sites for hydroxylation is 2. The van der Waals surface area contributed by atoms with Crippen molar-refractivity contribution in [2.75, 3.05) is 26.4 Å². The fourth-order valence-corrected chi connectivity index (χ4v) is 4.32. The fourth-order valence-electron chi connectivity index (χ4n) is 3.45. The number of rotatable bonds is 10. The van der Waals surface area contributed by atoms with Gasteiger partial charge >= 0.3 is 0 Å². The quantitative estimate of drug-likeness (QED) is 0.262. The van der Waals surface area contributed by atoms with Crippen molar-refractivity contribution in [1.82, 2.24) is 4.90 Å². The van der Waals surface area contributed by atoms with Crippen molar-refractivity contribution in [1.29, 1.82) is 0 Å². The van der Waals surface area contributed by atoms with E-state index in [1.54, 1.807) is 6.08 Å². The average Bonchev–Trinajstić information content (AvgIpc) is 3.10. The lowest BCUT2D eigenvalue weighted by Gasteiger charge is -2.13. The van der Waals surface area contributed by atoms with Gasteiger partial charge in [-0.15, -0.1) is 0 Å². The maximum Gasteiger partial charge on any atom is 0.293 e. The zero-order valence-corrected chi connectivity index (χ0v) is 20.5. The molecule has 0 unspecified atom stereocenters. The second-order valence-corrected chi connectivity index (χ2v) is 9.07. The van der Waals surface area contributed by atoms with E-state index in [0.29, 0.717) is 29.6 Å². The van der Waals surface area contributed by atoms with Gasteiger partial charge in [0.2, 0.25) is 0 Å². The first-order chi connectivity index (χ1) is 17.0. The molecule has 4 rings (SSSR count). The molecule has 3 aromatic rings. The maximum absolute atomic E-state index is 12.8. The second-order valence-electron chi connectivity index (χ2n) is 8.08. The Morgan fingerprint density at radius 3 is 2.14 bits per heavy atom. The number of hydrogen-bond acceptors (Lipinski definition) is 6. The summed E-state index contributed by atoms with van der Waals surface area (Å²) in [7, 11) is 0. The number of nitrogens with zero attached hydrogens (tertiary/aromatic N) is 1. The Kier molecular flexibility index (Phi) is 8.11. The number of imide groups is 1. The minimum absolute atomic E-state index is 0.195. The fraction of sp³-hybridized carbons (Fsp3) is 0.214. The van der Waals surface area contributed by atoms with Crippen LogP contribution in [0.15, 0.2) is 77.7 Å². The van der Waals surface area contributed by atoms with E-state index >= 15 is 0 Å². The Hall–Kier alpha value is -3.71. The normalized spacial score (nSPS) is 14.5. The van der Waals surface area contributed by atoms with Gasteiger partial charge in [0.25, 0.3) is 11.1 Å². The highest BCUT2D eigenvalue weighted by molar-refractivity contribution is 8.18. The van der Waals surface area contributed by atoms with Crippen molar-refractivity contribution in [3.05, 3.63) is 94.4 Å². The van der Waals surface area contributed by atoms with Crippen LogP contribution in [-0.4, -0.2) is 42.4 Å². The largest absolute Gasteiger partial charge is 0.492 e. The van der Waals surface area contributed by atoms with Crippen molar-refractivity contribution in [2.45, 2.75) is 13.8 Å². The molecule has 2 amide bonds. The molecule has 1 fully saturated rings. The number of benzene rings is 3. The summed E-state index contributed by atoms with van der Waals surface area (Å²) >= 11 is 0.933. The van der Waals surface area contributed by atoms with E-state index in [0.717, 1.165) is 28.6 Å². The topological polar surface area (TPSA) is 65.1 Å². The van der Waals surface area contributed by atoms with Crippen LogP contribution in [0.2, 0.25) is 0 Å². The van der Waals surface area contributed by atoms with Crippen LogP contribution >= 0.6 is 11.8 Å². The highest BCUT2D eigenvalue weighted by Crippen LogP contribution is 2.32. The summed E-state index contributed by atoms with van der Waals surface area (Å²) in [5.41, 5.74) is 3.05. The van der Waals surface area contributed by atoms with Gasteiger partial charge in [-0.2, -0.15) is 0 Å². The molecule has 0 aliphatic carbocycles. The number of hydrogen-bond donors (Lipinski definition) is 0. The van der Waals surface area contributed by atoms with Crippen molar-refractivity contribution >= 4 is 29.0 Å². The van der Waals surface area contributed by atoms with Crippen molar-refractivity contribution in [3.8, 4) is 17.2 Å². The first-order valence-electron chi connectivity index (χ1n) is 11.3. The van der Waals surface area contributed by atoms with Crippen LogP contribution in [0.1, 0.15) is 16.7 Å². The van der Waals surface area contributed by atoms with Crippen LogP contribution in [0.3, 0.4) is 0 Å². The van der Waals surface area contributed by atoms with Crippen LogP contribution in [0.4, 0.5) is 4.79 Å². The van der Waals surface area contributed by atoms with Crippen molar-refractivity contribution < 1.29 is 23.8 Å². The third-order valence-corrected chi connectivity index (χ3v) is 6.15. The molecule has 1 aliphatic rings. The molecule has 1 aliphatic heterocycles. The molecule has 0 bridgehead atoms. The lowest BCUT2D eigenvalue weighted by Crippen LogP contribution is -2.32. The summed E-state index contributed by atoms with van der Waals surface area (Å²) in [5, 5.41) is -0.297. The minimum Gasteiger partial charge on any atom is -0.492 e. The number of ether oxygens (including phenoxy) is 3. The van der Waals surface area contributed by atoms with E-state index in [-0.39, 0.29) is 24.3 Å². The van der Waals surface area contributed by atoms with Crippen molar-refractivity contribution in [2.24, 2.45) is 0 Å². The van der Waals surface area contributed by atoms with E-state index in [1.807, 2.05) is 86.6 Å². The molecule has 6 nitrogen and oxygen atoms in total. The molecule has 1 saturated heterocycles. The van der Waals surface area contributed by atoms with Crippen LogP contribution in [-0.2, 0) is 4.79 Å². The molecule has 0 saturated carbocycles. The van der Waals surface area contributed by atoms with Crippen LogP contribution < -0.4 is 14.2 Å². The smallest absolute Gasteiger partial charge is 0.293 e. The molecule has 7 heteroatoms. The lowest BCUT2D eigenvalue weighted by atomic mass is 10.2. The number of amides is 2. The van der Waals surface area contributed by atoms with Crippen LogP contribution in [0, 0.1) is 13.8 Å². The van der Waals surface area contributed by atoms with Gasteiger partial charge in [0.1, 0.15) is 37.1 Å². The molecule has 0 N–H and O–H groups in total. The molecule has 0 radical (unpaired) electrons. The average molecular weight is 490 g/mol. The number of carbonyl (C=O) groups is 2. The Labute approximate surface area is 209 Å². The molecule has 0 spiro atoms. The van der Waals surface area contributed by atoms with E-state index in [9.17, 15) is 9.59 Å². The summed E-state index contributed by atoms with van der Waals surface area (Å²) in [5.74, 6) is 1.87. The van der Waals surface area contributed by atoms with E-state index in [2.05, 4.69) is 0 Å². The van der Waals surface area contributed by atoms with Gasteiger partial charge in [0.15, 0.2) is 0 Å². The molecule has 3 aromatic carbocycles. The van der Waals surface area contributed by atoms with E-state index in [4.69, 9.17) is 14.2 Å². The molecular weight excluding hydrogens is 462 g/mol. The van der Waals surface area contributed by atoms with Crippen LogP contribution in [0.5, 0.6) is 17.2 Å². The summed E-state index contributed by atoms with van der Waals surface area (Å²) < 4.78 is 17.2. The monoisotopic (exact) mass is 489 g/mol. The maximum atomic E-state index is 12.8. The Morgan fingerprint density at radius 2 is 1.40 bits per heavy atom. The van der Waals surface area contributed by atoms with Crippen LogP contribution in [0.25, 0.3) is 6.08 Å². The third-order valence-electron chi connectivity index (χ3n) is 5.24. The highest BCUT2D eigenvalue weighted by atomic mass is 32.2. The van der Waals surface area contributed by atoms with E-state index in [1.165, 1.54) is 10.5 Å². The zero-order valence-electron chi connectivity index (χ0n) is 19.7. The van der Waals surface area contributed by atoms with Gasteiger partial charge in [-0.3, -0.25) is 14.5 Å². The number of thioether (sulfide) groups is 1. The molecule has 35 heavy (non-hydrogen) atoms. The Balaban J connectivity index is 1.29. The molecular formula is C28H27NO5S. The first-order valence-corrected chi connectivity index (χ1v) is 12.2. The van der Waals surface area contributed by atoms with Gasteiger partial charge in [-0.1, -0.05) is 42.0 Å². The Morgan fingerprint density at radius 1 is 0.743 bits per heavy atom. The summed E-state index contributed by atoms with van der Waals surface area (Å²) in [4.78, 5) is 26.8. The highest BCUT2D eigenvalue weighted by Gasteiger charge is 2.34. The summed E-state index contributed by atoms with van der Waals surface area (Å²) in [6, 6.07) is 22.9. The van der Waals surface area contributed by atoms with Gasteiger partial charge in [-0.05, 0) is 79.2 Å². The third kappa shape index (κ3) is 6.90. The SMILES string of the molecule is Cc1ccc(OCCOc2cccc(/C=C3\SC(=O)N(CCOc4cccc(C)c4)C3=O)c2)cc1. The predicted molar refractivity (Wildman–Crippen MR) is 138 cm³/mol. The van der Waals surface area contributed by atoms with Gasteiger partial charge < -0.3 is 14.2 Å². The molecule has 0 atom stereocenters.